The predicted molar refractivity (Wildman–Crippen MR) is 82.4 cm³/mol. The van der Waals surface area contributed by atoms with Gasteiger partial charge in [0.25, 0.3) is 0 Å². The van der Waals surface area contributed by atoms with E-state index >= 15 is 0 Å². The summed E-state index contributed by atoms with van der Waals surface area (Å²) >= 11 is 1.31. The number of nitrogens with two attached hydrogens (primary N) is 1. The van der Waals surface area contributed by atoms with Crippen molar-refractivity contribution in [3.63, 3.8) is 0 Å². The number of nitrogens with zero attached hydrogens (tertiary/aromatic N) is 2. The van der Waals surface area contributed by atoms with Crippen molar-refractivity contribution in [1.29, 1.82) is 0 Å². The predicted octanol–water partition coefficient (Wildman–Crippen LogP) is 3.06. The molecule has 1 saturated carbocycles. The fraction of sp³-hybridized carbons (Fsp3) is 0.714. The van der Waals surface area contributed by atoms with Crippen LogP contribution in [0.3, 0.4) is 0 Å². The van der Waals surface area contributed by atoms with Gasteiger partial charge in [0.15, 0.2) is 5.82 Å². The van der Waals surface area contributed by atoms with E-state index in [2.05, 4.69) is 16.2 Å². The summed E-state index contributed by atoms with van der Waals surface area (Å²) in [7, 11) is 0. The first-order valence-corrected chi connectivity index (χ1v) is 8.15. The highest BCUT2D eigenvalue weighted by Crippen LogP contribution is 2.35. The van der Waals surface area contributed by atoms with Crippen molar-refractivity contribution in [1.82, 2.24) is 4.37 Å². The zero-order valence-electron chi connectivity index (χ0n) is 12.2. The van der Waals surface area contributed by atoms with Crippen LogP contribution in [0, 0.1) is 0 Å². The van der Waals surface area contributed by atoms with Crippen LogP contribution in [0.2, 0.25) is 0 Å². The molecule has 0 spiro atoms. The Labute approximate surface area is 124 Å². The molecule has 0 bridgehead atoms. The highest BCUT2D eigenvalue weighted by atomic mass is 32.1. The Hall–Kier alpha value is -1.30. The Balaban J connectivity index is 2.27. The summed E-state index contributed by atoms with van der Waals surface area (Å²) < 4.78 is 9.27. The van der Waals surface area contributed by atoms with Gasteiger partial charge in [-0.3, -0.25) is 0 Å². The third kappa shape index (κ3) is 3.06. The molecule has 5 nitrogen and oxygen atoms in total. The molecule has 0 saturated heterocycles. The lowest BCUT2D eigenvalue weighted by Crippen LogP contribution is -2.37. The zero-order valence-corrected chi connectivity index (χ0v) is 13.0. The minimum atomic E-state index is -0.358. The van der Waals surface area contributed by atoms with Crippen LogP contribution in [0.1, 0.15) is 56.3 Å². The van der Waals surface area contributed by atoms with Crippen molar-refractivity contribution < 1.29 is 9.53 Å². The maximum Gasteiger partial charge on any atom is 0.345 e. The van der Waals surface area contributed by atoms with E-state index in [1.165, 1.54) is 43.6 Å². The van der Waals surface area contributed by atoms with E-state index < -0.39 is 0 Å². The number of anilines is 2. The Morgan fingerprint density at radius 1 is 1.40 bits per heavy atom. The van der Waals surface area contributed by atoms with Gasteiger partial charge in [-0.2, -0.15) is 4.37 Å². The fourth-order valence-corrected chi connectivity index (χ4v) is 3.78. The van der Waals surface area contributed by atoms with Crippen molar-refractivity contribution in [2.45, 2.75) is 52.0 Å². The van der Waals surface area contributed by atoms with Crippen LogP contribution in [-0.4, -0.2) is 29.5 Å². The highest BCUT2D eigenvalue weighted by molar-refractivity contribution is 7.11. The van der Waals surface area contributed by atoms with E-state index in [0.29, 0.717) is 18.2 Å². The summed E-state index contributed by atoms with van der Waals surface area (Å²) in [6.45, 7) is 5.12. The second-order valence-electron chi connectivity index (χ2n) is 5.05. The lowest BCUT2D eigenvalue weighted by atomic mass is 9.94. The topological polar surface area (TPSA) is 68.5 Å². The maximum absolute atomic E-state index is 12.1. The second kappa shape index (κ2) is 6.92. The molecule has 0 radical (unpaired) electrons. The number of rotatable bonds is 5. The molecule has 2 rings (SSSR count). The van der Waals surface area contributed by atoms with Crippen molar-refractivity contribution in [2.75, 3.05) is 23.8 Å². The molecule has 1 aliphatic rings. The minimum Gasteiger partial charge on any atom is -0.462 e. The van der Waals surface area contributed by atoms with E-state index in [9.17, 15) is 4.79 Å². The van der Waals surface area contributed by atoms with Crippen LogP contribution >= 0.6 is 11.5 Å². The van der Waals surface area contributed by atoms with Crippen LogP contribution in [0.25, 0.3) is 0 Å². The number of aromatic nitrogens is 1. The van der Waals surface area contributed by atoms with E-state index in [1.54, 1.807) is 6.92 Å². The van der Waals surface area contributed by atoms with Crippen LogP contribution in [0.4, 0.5) is 10.8 Å². The molecule has 1 aromatic heterocycles. The molecular formula is C14H23N3O2S. The number of nitrogen functional groups attached to an aromatic ring is 1. The van der Waals surface area contributed by atoms with Crippen LogP contribution in [0.15, 0.2) is 0 Å². The molecule has 0 aliphatic heterocycles. The summed E-state index contributed by atoms with van der Waals surface area (Å²) in [5.74, 6) is -0.0688. The monoisotopic (exact) mass is 297 g/mol. The van der Waals surface area contributed by atoms with Crippen LogP contribution < -0.4 is 10.6 Å². The van der Waals surface area contributed by atoms with Gasteiger partial charge in [0.2, 0.25) is 0 Å². The normalized spacial score (nSPS) is 16.1. The molecule has 0 atom stereocenters. The largest absolute Gasteiger partial charge is 0.462 e. The number of hydrogen-bond donors (Lipinski definition) is 1. The Bertz CT molecular complexity index is 455. The molecule has 20 heavy (non-hydrogen) atoms. The van der Waals surface area contributed by atoms with Crippen molar-refractivity contribution in [2.24, 2.45) is 0 Å². The van der Waals surface area contributed by atoms with Crippen molar-refractivity contribution in [3.8, 4) is 0 Å². The van der Waals surface area contributed by atoms with Crippen molar-refractivity contribution >= 4 is 28.3 Å². The van der Waals surface area contributed by atoms with E-state index in [4.69, 9.17) is 10.5 Å². The molecule has 6 heteroatoms. The van der Waals surface area contributed by atoms with Gasteiger partial charge in [-0.15, -0.1) is 0 Å². The lowest BCUT2D eigenvalue weighted by molar-refractivity contribution is 0.0528. The smallest absolute Gasteiger partial charge is 0.345 e. The Morgan fingerprint density at radius 2 is 2.10 bits per heavy atom. The van der Waals surface area contributed by atoms with Gasteiger partial charge < -0.3 is 15.4 Å². The molecule has 2 N–H and O–H groups in total. The highest BCUT2D eigenvalue weighted by Gasteiger charge is 2.28. The summed E-state index contributed by atoms with van der Waals surface area (Å²) in [5.41, 5.74) is 6.31. The molecule has 1 aliphatic carbocycles. The molecule has 0 amide bonds. The maximum atomic E-state index is 12.1. The first-order chi connectivity index (χ1) is 9.69. The SMILES string of the molecule is CCOC(=O)c1c(N)nsc1N(CC)C1CCCCC1. The third-order valence-corrected chi connectivity index (χ3v) is 4.70. The van der Waals surface area contributed by atoms with Crippen LogP contribution in [0.5, 0.6) is 0 Å². The minimum absolute atomic E-state index is 0.290. The van der Waals surface area contributed by atoms with Gasteiger partial charge in [-0.05, 0) is 38.2 Å². The number of carbonyl (C=O) groups is 1. The molecule has 1 fully saturated rings. The summed E-state index contributed by atoms with van der Waals surface area (Å²) in [6.07, 6.45) is 6.17. The van der Waals surface area contributed by atoms with Gasteiger partial charge in [0.1, 0.15) is 10.6 Å². The summed E-state index contributed by atoms with van der Waals surface area (Å²) in [4.78, 5) is 14.4. The molecule has 1 heterocycles. The summed E-state index contributed by atoms with van der Waals surface area (Å²) in [6, 6.07) is 0.488. The molecule has 112 valence electrons. The quantitative estimate of drug-likeness (QED) is 0.846. The number of esters is 1. The second-order valence-corrected chi connectivity index (χ2v) is 5.80. The van der Waals surface area contributed by atoms with Crippen molar-refractivity contribution in [3.05, 3.63) is 5.56 Å². The molecule has 0 aromatic carbocycles. The molecule has 1 aromatic rings. The fourth-order valence-electron chi connectivity index (χ4n) is 2.84. The standard InChI is InChI=1S/C14H23N3O2S/c1-3-17(10-8-6-5-7-9-10)13-11(12(15)16-20-13)14(18)19-4-2/h10H,3-9H2,1-2H3,(H2,15,16). The van der Waals surface area contributed by atoms with Gasteiger partial charge in [0.05, 0.1) is 6.61 Å². The number of hydrogen-bond acceptors (Lipinski definition) is 6. The van der Waals surface area contributed by atoms with E-state index in [0.717, 1.165) is 11.5 Å². The first kappa shape index (κ1) is 15.1. The third-order valence-electron chi connectivity index (χ3n) is 3.80. The van der Waals surface area contributed by atoms with Gasteiger partial charge in [-0.25, -0.2) is 4.79 Å². The van der Waals surface area contributed by atoms with Gasteiger partial charge in [0, 0.05) is 12.6 Å². The molecule has 0 unspecified atom stereocenters. The Morgan fingerprint density at radius 3 is 2.70 bits per heavy atom. The lowest BCUT2D eigenvalue weighted by Gasteiger charge is -2.34. The van der Waals surface area contributed by atoms with Gasteiger partial charge >= 0.3 is 5.97 Å². The molecular weight excluding hydrogens is 274 g/mol. The van der Waals surface area contributed by atoms with E-state index in [1.807, 2.05) is 0 Å². The number of carbonyl (C=O) groups excluding carboxylic acids is 1. The average Bonchev–Trinajstić information content (AvgIpc) is 2.83. The summed E-state index contributed by atoms with van der Waals surface area (Å²) in [5, 5.41) is 0.871. The van der Waals surface area contributed by atoms with E-state index in [-0.39, 0.29) is 11.8 Å². The zero-order chi connectivity index (χ0) is 14.5. The average molecular weight is 297 g/mol. The van der Waals surface area contributed by atoms with Gasteiger partial charge in [-0.1, -0.05) is 19.3 Å². The van der Waals surface area contributed by atoms with Crippen LogP contribution in [-0.2, 0) is 4.74 Å². The number of ether oxygens (including phenoxy) is 1. The first-order valence-electron chi connectivity index (χ1n) is 7.37. The Kier molecular flexibility index (Phi) is 5.23.